The van der Waals surface area contributed by atoms with Crippen molar-refractivity contribution in [2.24, 2.45) is 0 Å². The van der Waals surface area contributed by atoms with Gasteiger partial charge < -0.3 is 15.5 Å². The largest absolute Gasteiger partial charge is 0.344 e. The van der Waals surface area contributed by atoms with E-state index in [2.05, 4.69) is 35.3 Å². The number of nitrogens with zero attached hydrogens (tertiary/aromatic N) is 1. The first-order valence-corrected chi connectivity index (χ1v) is 5.43. The zero-order chi connectivity index (χ0) is 12.8. The predicted octanol–water partition coefficient (Wildman–Crippen LogP) is 0.0541. The van der Waals surface area contributed by atoms with Gasteiger partial charge in [0.05, 0.1) is 12.6 Å². The summed E-state index contributed by atoms with van der Waals surface area (Å²) in [7, 11) is 4.04. The van der Waals surface area contributed by atoms with Gasteiger partial charge in [-0.2, -0.15) is 0 Å². The summed E-state index contributed by atoms with van der Waals surface area (Å²) in [5.74, 6) is 2.31. The highest BCUT2D eigenvalue weighted by Crippen LogP contribution is 2.07. The van der Waals surface area contributed by atoms with Gasteiger partial charge in [-0.3, -0.25) is 4.79 Å². The lowest BCUT2D eigenvalue weighted by molar-refractivity contribution is -0.122. The second-order valence-electron chi connectivity index (χ2n) is 4.73. The number of carbonyl (C=O) groups excluding carboxylic acids is 1. The molecule has 0 aromatic carbocycles. The molecule has 0 aromatic heterocycles. The van der Waals surface area contributed by atoms with Crippen molar-refractivity contribution in [3.05, 3.63) is 0 Å². The van der Waals surface area contributed by atoms with Gasteiger partial charge in [0.25, 0.3) is 0 Å². The summed E-state index contributed by atoms with van der Waals surface area (Å²) in [5.41, 5.74) is 0.0145. The van der Waals surface area contributed by atoms with Crippen LogP contribution in [0.15, 0.2) is 0 Å². The van der Waals surface area contributed by atoms with Gasteiger partial charge in [-0.05, 0) is 34.9 Å². The van der Waals surface area contributed by atoms with Crippen molar-refractivity contribution in [2.45, 2.75) is 32.4 Å². The van der Waals surface area contributed by atoms with Crippen molar-refractivity contribution >= 4 is 5.91 Å². The molecule has 1 unspecified atom stereocenters. The third kappa shape index (κ3) is 5.15. The number of nitrogens with one attached hydrogen (secondary N) is 2. The first-order valence-electron chi connectivity index (χ1n) is 5.43. The van der Waals surface area contributed by atoms with Crippen LogP contribution >= 0.6 is 0 Å². The first-order chi connectivity index (χ1) is 7.31. The van der Waals surface area contributed by atoms with Crippen molar-refractivity contribution in [3.63, 3.8) is 0 Å². The number of hydrogen-bond donors (Lipinski definition) is 2. The quantitative estimate of drug-likeness (QED) is 0.628. The van der Waals surface area contributed by atoms with Gasteiger partial charge in [0.15, 0.2) is 0 Å². The van der Waals surface area contributed by atoms with Crippen LogP contribution in [0.5, 0.6) is 0 Å². The van der Waals surface area contributed by atoms with Gasteiger partial charge in [-0.1, -0.05) is 5.92 Å². The average molecular weight is 225 g/mol. The molecular weight excluding hydrogens is 202 g/mol. The SMILES string of the molecule is C#CCNC(=O)C(C)NCC(C)(C)N(C)C. The molecule has 92 valence electrons. The Bertz CT molecular complexity index is 266. The Hall–Kier alpha value is -1.05. The molecule has 0 rings (SSSR count). The molecule has 0 heterocycles. The molecule has 4 nitrogen and oxygen atoms in total. The normalized spacial score (nSPS) is 13.3. The molecule has 0 saturated heterocycles. The third-order valence-corrected chi connectivity index (χ3v) is 2.81. The van der Waals surface area contributed by atoms with Crippen molar-refractivity contribution in [1.29, 1.82) is 0 Å². The lowest BCUT2D eigenvalue weighted by Crippen LogP contribution is -2.52. The van der Waals surface area contributed by atoms with E-state index in [-0.39, 0.29) is 24.0 Å². The lowest BCUT2D eigenvalue weighted by Gasteiger charge is -2.33. The Balaban J connectivity index is 4.03. The number of hydrogen-bond acceptors (Lipinski definition) is 3. The number of terminal acetylenes is 1. The molecule has 16 heavy (non-hydrogen) atoms. The number of likely N-dealkylation sites (N-methyl/N-ethyl adjacent to an activating group) is 1. The van der Waals surface area contributed by atoms with Gasteiger partial charge in [-0.15, -0.1) is 6.42 Å². The smallest absolute Gasteiger partial charge is 0.237 e. The lowest BCUT2D eigenvalue weighted by atomic mass is 10.0. The number of rotatable bonds is 6. The van der Waals surface area contributed by atoms with E-state index in [1.807, 2.05) is 21.0 Å². The summed E-state index contributed by atoms with van der Waals surface area (Å²) in [4.78, 5) is 13.6. The fourth-order valence-corrected chi connectivity index (χ4v) is 0.945. The van der Waals surface area contributed by atoms with Crippen molar-refractivity contribution < 1.29 is 4.79 Å². The Morgan fingerprint density at radius 3 is 2.50 bits per heavy atom. The standard InChI is InChI=1S/C12H23N3O/c1-7-8-13-11(16)10(2)14-9-12(3,4)15(5)6/h1,10,14H,8-9H2,2-6H3,(H,13,16). The second kappa shape index (κ2) is 6.51. The predicted molar refractivity (Wildman–Crippen MR) is 67.1 cm³/mol. The minimum atomic E-state index is -0.229. The molecule has 0 bridgehead atoms. The van der Waals surface area contributed by atoms with Crippen LogP contribution in [0.4, 0.5) is 0 Å². The van der Waals surface area contributed by atoms with E-state index in [0.717, 1.165) is 6.54 Å². The molecule has 1 amide bonds. The maximum absolute atomic E-state index is 11.5. The molecule has 0 fully saturated rings. The number of carbonyl (C=O) groups is 1. The molecule has 1 atom stereocenters. The Morgan fingerprint density at radius 2 is 2.06 bits per heavy atom. The average Bonchev–Trinajstić information content (AvgIpc) is 2.22. The van der Waals surface area contributed by atoms with Crippen LogP contribution in [0, 0.1) is 12.3 Å². The third-order valence-electron chi connectivity index (χ3n) is 2.81. The molecule has 0 aromatic rings. The highest BCUT2D eigenvalue weighted by molar-refractivity contribution is 5.81. The molecule has 0 radical (unpaired) electrons. The fourth-order valence-electron chi connectivity index (χ4n) is 0.945. The van der Waals surface area contributed by atoms with Crippen LogP contribution in [-0.2, 0) is 4.79 Å². The molecule has 4 heteroatoms. The van der Waals surface area contributed by atoms with Crippen LogP contribution in [0.2, 0.25) is 0 Å². The van der Waals surface area contributed by atoms with Gasteiger partial charge >= 0.3 is 0 Å². The van der Waals surface area contributed by atoms with Gasteiger partial charge in [0.1, 0.15) is 0 Å². The Morgan fingerprint density at radius 1 is 1.50 bits per heavy atom. The van der Waals surface area contributed by atoms with Crippen molar-refractivity contribution in [1.82, 2.24) is 15.5 Å². The van der Waals surface area contributed by atoms with Crippen LogP contribution in [0.3, 0.4) is 0 Å². The molecule has 0 saturated carbocycles. The van der Waals surface area contributed by atoms with Crippen molar-refractivity contribution in [2.75, 3.05) is 27.2 Å². The van der Waals surface area contributed by atoms with E-state index < -0.39 is 0 Å². The van der Waals surface area contributed by atoms with E-state index in [0.29, 0.717) is 0 Å². The van der Waals surface area contributed by atoms with E-state index >= 15 is 0 Å². The van der Waals surface area contributed by atoms with Crippen LogP contribution in [0.1, 0.15) is 20.8 Å². The zero-order valence-corrected chi connectivity index (χ0v) is 10.9. The number of amides is 1. The minimum Gasteiger partial charge on any atom is -0.344 e. The highest BCUT2D eigenvalue weighted by Gasteiger charge is 2.22. The van der Waals surface area contributed by atoms with Gasteiger partial charge in [-0.25, -0.2) is 0 Å². The maximum atomic E-state index is 11.5. The summed E-state index contributed by atoms with van der Waals surface area (Å²) in [5, 5.41) is 5.84. The Kier molecular flexibility index (Phi) is 6.09. The zero-order valence-electron chi connectivity index (χ0n) is 10.9. The van der Waals surface area contributed by atoms with E-state index in [1.165, 1.54) is 0 Å². The Labute approximate surface area is 98.8 Å². The van der Waals surface area contributed by atoms with E-state index in [4.69, 9.17) is 6.42 Å². The molecule has 0 spiro atoms. The molecule has 2 N–H and O–H groups in total. The summed E-state index contributed by atoms with van der Waals surface area (Å²) < 4.78 is 0. The molecular formula is C12H23N3O. The van der Waals surface area contributed by atoms with Crippen LogP contribution in [-0.4, -0.2) is 49.6 Å². The summed E-state index contributed by atoms with van der Waals surface area (Å²) in [6.45, 7) is 7.09. The van der Waals surface area contributed by atoms with Gasteiger partial charge in [0.2, 0.25) is 5.91 Å². The highest BCUT2D eigenvalue weighted by atomic mass is 16.2. The van der Waals surface area contributed by atoms with Crippen LogP contribution < -0.4 is 10.6 Å². The summed E-state index contributed by atoms with van der Waals surface area (Å²) >= 11 is 0. The molecule has 0 aliphatic carbocycles. The topological polar surface area (TPSA) is 44.4 Å². The maximum Gasteiger partial charge on any atom is 0.237 e. The molecule has 0 aliphatic rings. The second-order valence-corrected chi connectivity index (χ2v) is 4.73. The van der Waals surface area contributed by atoms with Crippen molar-refractivity contribution in [3.8, 4) is 12.3 Å². The monoisotopic (exact) mass is 225 g/mol. The van der Waals surface area contributed by atoms with Crippen LogP contribution in [0.25, 0.3) is 0 Å². The fraction of sp³-hybridized carbons (Fsp3) is 0.750. The van der Waals surface area contributed by atoms with E-state index in [1.54, 1.807) is 0 Å². The van der Waals surface area contributed by atoms with E-state index in [9.17, 15) is 4.79 Å². The van der Waals surface area contributed by atoms with Gasteiger partial charge in [0, 0.05) is 12.1 Å². The summed E-state index contributed by atoms with van der Waals surface area (Å²) in [6.07, 6.45) is 5.07. The molecule has 0 aliphatic heterocycles. The first kappa shape index (κ1) is 14.9. The minimum absolute atomic E-state index is 0.0145. The summed E-state index contributed by atoms with van der Waals surface area (Å²) in [6, 6.07) is -0.229.